The first kappa shape index (κ1) is 19.8. The first-order chi connectivity index (χ1) is 11.7. The quantitative estimate of drug-likeness (QED) is 0.746. The van der Waals surface area contributed by atoms with Crippen LogP contribution in [-0.4, -0.2) is 51.4 Å². The van der Waals surface area contributed by atoms with E-state index >= 15 is 0 Å². The van der Waals surface area contributed by atoms with Gasteiger partial charge >= 0.3 is 0 Å². The molecule has 0 bridgehead atoms. The van der Waals surface area contributed by atoms with Gasteiger partial charge in [0.1, 0.15) is 0 Å². The van der Waals surface area contributed by atoms with Gasteiger partial charge in [0.15, 0.2) is 20.9 Å². The normalized spacial score (nSPS) is 39.6. The van der Waals surface area contributed by atoms with Gasteiger partial charge in [-0.2, -0.15) is 0 Å². The number of hydrogen-bond acceptors (Lipinski definition) is 5. The van der Waals surface area contributed by atoms with Crippen molar-refractivity contribution in [3.63, 3.8) is 0 Å². The summed E-state index contributed by atoms with van der Waals surface area (Å²) in [5.41, 5.74) is 0. The lowest BCUT2D eigenvalue weighted by Gasteiger charge is -2.38. The van der Waals surface area contributed by atoms with Crippen LogP contribution in [-0.2, 0) is 18.6 Å². The minimum atomic E-state index is -1.81. The molecule has 5 nitrogen and oxygen atoms in total. The summed E-state index contributed by atoms with van der Waals surface area (Å²) in [7, 11) is -1.81. The molecule has 3 unspecified atom stereocenters. The van der Waals surface area contributed by atoms with Crippen LogP contribution in [0.5, 0.6) is 0 Å². The topological polar surface area (TPSA) is 57.2 Å². The van der Waals surface area contributed by atoms with E-state index in [4.69, 9.17) is 18.6 Å². The molecule has 2 aliphatic heterocycles. The van der Waals surface area contributed by atoms with Gasteiger partial charge in [-0.05, 0) is 43.3 Å². The number of rotatable bonds is 5. The highest BCUT2D eigenvalue weighted by atomic mass is 28.4. The Morgan fingerprint density at radius 2 is 1.92 bits per heavy atom. The molecule has 0 radical (unpaired) electrons. The number of hydrogen-bond donors (Lipinski definition) is 1. The van der Waals surface area contributed by atoms with Crippen molar-refractivity contribution in [3.8, 4) is 0 Å². The molecule has 0 spiro atoms. The zero-order valence-electron chi connectivity index (χ0n) is 16.5. The van der Waals surface area contributed by atoms with Crippen LogP contribution >= 0.6 is 0 Å². The number of ether oxygens (including phenoxy) is 3. The Bertz CT molecular complexity index is 444. The molecule has 2 heterocycles. The lowest BCUT2D eigenvalue weighted by Crippen LogP contribution is -2.44. The molecule has 6 atom stereocenters. The van der Waals surface area contributed by atoms with E-state index in [9.17, 15) is 5.11 Å². The third kappa shape index (κ3) is 4.47. The lowest BCUT2D eigenvalue weighted by atomic mass is 9.93. The van der Waals surface area contributed by atoms with Gasteiger partial charge in [0.2, 0.25) is 0 Å². The van der Waals surface area contributed by atoms with E-state index in [0.717, 1.165) is 25.9 Å². The molecule has 0 aromatic rings. The lowest BCUT2D eigenvalue weighted by molar-refractivity contribution is -0.201. The minimum absolute atomic E-state index is 0.0853. The Morgan fingerprint density at radius 3 is 2.56 bits per heavy atom. The summed E-state index contributed by atoms with van der Waals surface area (Å²) >= 11 is 0. The second-order valence-corrected chi connectivity index (χ2v) is 14.3. The van der Waals surface area contributed by atoms with Crippen molar-refractivity contribution in [1.29, 1.82) is 0 Å². The molecule has 146 valence electrons. The van der Waals surface area contributed by atoms with Gasteiger partial charge in [-0.1, -0.05) is 20.8 Å². The van der Waals surface area contributed by atoms with Gasteiger partial charge in [-0.3, -0.25) is 0 Å². The molecule has 3 aliphatic rings. The van der Waals surface area contributed by atoms with Crippen molar-refractivity contribution >= 4 is 8.32 Å². The molecule has 3 rings (SSSR count). The maximum atomic E-state index is 9.90. The van der Waals surface area contributed by atoms with E-state index in [1.54, 1.807) is 0 Å². The van der Waals surface area contributed by atoms with Gasteiger partial charge < -0.3 is 23.7 Å². The van der Waals surface area contributed by atoms with Crippen molar-refractivity contribution < 1.29 is 23.7 Å². The highest BCUT2D eigenvalue weighted by Crippen LogP contribution is 2.46. The highest BCUT2D eigenvalue weighted by molar-refractivity contribution is 6.74. The number of fused-ring (bicyclic) bond motifs is 1. The zero-order valence-corrected chi connectivity index (χ0v) is 17.5. The van der Waals surface area contributed by atoms with Crippen molar-refractivity contribution in [2.24, 2.45) is 11.8 Å². The molecule has 25 heavy (non-hydrogen) atoms. The molecular formula is C19H36O5Si. The van der Waals surface area contributed by atoms with Crippen LogP contribution in [0.3, 0.4) is 0 Å². The summed E-state index contributed by atoms with van der Waals surface area (Å²) < 4.78 is 24.4. The maximum Gasteiger partial charge on any atom is 0.191 e. The van der Waals surface area contributed by atoms with Crippen molar-refractivity contribution in [2.45, 2.75) is 95.8 Å². The monoisotopic (exact) mass is 372 g/mol. The van der Waals surface area contributed by atoms with E-state index in [1.807, 2.05) is 0 Å². The van der Waals surface area contributed by atoms with Crippen LogP contribution in [0.15, 0.2) is 0 Å². The van der Waals surface area contributed by atoms with Gasteiger partial charge in [0.05, 0.1) is 12.2 Å². The molecule has 0 amide bonds. The van der Waals surface area contributed by atoms with Crippen LogP contribution < -0.4 is 0 Å². The van der Waals surface area contributed by atoms with E-state index in [-0.39, 0.29) is 29.5 Å². The highest BCUT2D eigenvalue weighted by Gasteiger charge is 2.51. The van der Waals surface area contributed by atoms with Gasteiger partial charge in [-0.25, -0.2) is 0 Å². The second kappa shape index (κ2) is 7.56. The molecular weight excluding hydrogens is 336 g/mol. The Balaban J connectivity index is 1.65. The summed E-state index contributed by atoms with van der Waals surface area (Å²) in [6.45, 7) is 12.9. The van der Waals surface area contributed by atoms with Crippen molar-refractivity contribution in [3.05, 3.63) is 0 Å². The SMILES string of the molecule is CC(C)(C)[Si](C)(C)OC[C@H]1[C@H](OC2CCCCO2)CC2OC(O)C[C@@H]21. The average Bonchev–Trinajstić information content (AvgIpc) is 3.01. The van der Waals surface area contributed by atoms with E-state index in [2.05, 4.69) is 33.9 Å². The third-order valence-electron chi connectivity index (χ3n) is 6.68. The first-order valence-electron chi connectivity index (χ1n) is 9.92. The fraction of sp³-hybridized carbons (Fsp3) is 1.00. The first-order valence-corrected chi connectivity index (χ1v) is 12.8. The largest absolute Gasteiger partial charge is 0.416 e. The average molecular weight is 373 g/mol. The summed E-state index contributed by atoms with van der Waals surface area (Å²) in [6, 6.07) is 0. The van der Waals surface area contributed by atoms with E-state index in [0.29, 0.717) is 18.9 Å². The molecule has 6 heteroatoms. The third-order valence-corrected chi connectivity index (χ3v) is 11.2. The minimum Gasteiger partial charge on any atom is -0.416 e. The predicted molar refractivity (Wildman–Crippen MR) is 98.7 cm³/mol. The molecule has 3 fully saturated rings. The van der Waals surface area contributed by atoms with E-state index in [1.165, 1.54) is 6.42 Å². The van der Waals surface area contributed by atoms with Crippen LogP contribution in [0.2, 0.25) is 18.1 Å². The summed E-state index contributed by atoms with van der Waals surface area (Å²) in [6.07, 6.45) is 4.30. The van der Waals surface area contributed by atoms with Crippen LogP contribution in [0.1, 0.15) is 52.9 Å². The van der Waals surface area contributed by atoms with Crippen LogP contribution in [0.4, 0.5) is 0 Å². The molecule has 1 aliphatic carbocycles. The fourth-order valence-electron chi connectivity index (χ4n) is 4.03. The van der Waals surface area contributed by atoms with Gasteiger partial charge in [0.25, 0.3) is 0 Å². The van der Waals surface area contributed by atoms with E-state index < -0.39 is 14.6 Å². The Labute approximate surface area is 153 Å². The predicted octanol–water partition coefficient (Wildman–Crippen LogP) is 3.66. The molecule has 0 aromatic carbocycles. The molecule has 2 saturated heterocycles. The molecule has 1 saturated carbocycles. The molecule has 0 aromatic heterocycles. The number of aliphatic hydroxyl groups excluding tert-OH is 1. The van der Waals surface area contributed by atoms with Crippen molar-refractivity contribution in [2.75, 3.05) is 13.2 Å². The summed E-state index contributed by atoms with van der Waals surface area (Å²) in [4.78, 5) is 0. The summed E-state index contributed by atoms with van der Waals surface area (Å²) in [5.74, 6) is 0.607. The number of aliphatic hydroxyl groups is 1. The van der Waals surface area contributed by atoms with Crippen LogP contribution in [0.25, 0.3) is 0 Å². The summed E-state index contributed by atoms with van der Waals surface area (Å²) in [5, 5.41) is 10.1. The second-order valence-electron chi connectivity index (χ2n) is 9.47. The standard InChI is InChI=1S/C19H36O5Si/c1-19(2,3)25(4,5)22-12-14-13-10-17(20)23-15(13)11-16(14)24-18-8-6-7-9-21-18/h13-18,20H,6-12H2,1-5H3/t13-,14-,15?,16-,17?,18?/m1/s1. The zero-order chi connectivity index (χ0) is 18.2. The van der Waals surface area contributed by atoms with Gasteiger partial charge in [-0.15, -0.1) is 0 Å². The molecule has 1 N–H and O–H groups in total. The van der Waals surface area contributed by atoms with Gasteiger partial charge in [0, 0.05) is 32.0 Å². The Hall–Kier alpha value is 0.0169. The Morgan fingerprint density at radius 1 is 1.16 bits per heavy atom. The Kier molecular flexibility index (Phi) is 5.98. The van der Waals surface area contributed by atoms with Crippen LogP contribution in [0, 0.1) is 11.8 Å². The van der Waals surface area contributed by atoms with Crippen molar-refractivity contribution in [1.82, 2.24) is 0 Å². The smallest absolute Gasteiger partial charge is 0.191 e. The fourth-order valence-corrected chi connectivity index (χ4v) is 5.07. The maximum absolute atomic E-state index is 9.90.